The second-order valence-corrected chi connectivity index (χ2v) is 4.45. The average molecular weight is 260 g/mol. The van der Waals surface area contributed by atoms with E-state index < -0.39 is 36.0 Å². The summed E-state index contributed by atoms with van der Waals surface area (Å²) in [4.78, 5) is 32.8. The number of nitrogens with one attached hydrogen (secondary N) is 2. The number of carboxylic acids is 2. The maximum absolute atomic E-state index is 11.6. The topological polar surface area (TPSA) is 125 Å². The zero-order chi connectivity index (χ0) is 13.8. The van der Waals surface area contributed by atoms with Gasteiger partial charge < -0.3 is 25.6 Å². The number of carbonyl (C=O) groups excluding carboxylic acids is 1. The van der Waals surface area contributed by atoms with Crippen molar-refractivity contribution < 1.29 is 29.3 Å². The van der Waals surface area contributed by atoms with Crippen molar-refractivity contribution in [3.8, 4) is 0 Å². The fourth-order valence-electron chi connectivity index (χ4n) is 1.61. The Hall–Kier alpha value is -1.83. The van der Waals surface area contributed by atoms with Gasteiger partial charge in [-0.15, -0.1) is 0 Å². The van der Waals surface area contributed by atoms with Crippen LogP contribution in [-0.2, 0) is 14.3 Å². The molecule has 2 atom stereocenters. The summed E-state index contributed by atoms with van der Waals surface area (Å²) in [5.74, 6) is -2.68. The van der Waals surface area contributed by atoms with Crippen LogP contribution in [0.4, 0.5) is 4.79 Å². The lowest BCUT2D eigenvalue weighted by Crippen LogP contribution is -2.54. The second-order valence-electron chi connectivity index (χ2n) is 4.45. The van der Waals surface area contributed by atoms with Crippen LogP contribution in [0.2, 0.25) is 0 Å². The Kier molecular flexibility index (Phi) is 4.49. The summed E-state index contributed by atoms with van der Waals surface area (Å²) < 4.78 is 5.13. The van der Waals surface area contributed by atoms with Crippen LogP contribution in [0.5, 0.6) is 0 Å². The standard InChI is InChI=1S/C10H16N2O6/c1-10(2-3-18-5-10)12-9(17)11-6(8(15)16)4-7(13)14/h6H,2-5H2,1H3,(H,13,14)(H,15,16)(H2,11,12,17). The summed E-state index contributed by atoms with van der Waals surface area (Å²) in [7, 11) is 0. The van der Waals surface area contributed by atoms with Crippen LogP contribution in [0.3, 0.4) is 0 Å². The van der Waals surface area contributed by atoms with E-state index in [2.05, 4.69) is 10.6 Å². The van der Waals surface area contributed by atoms with Crippen molar-refractivity contribution in [2.45, 2.75) is 31.3 Å². The van der Waals surface area contributed by atoms with Crippen molar-refractivity contribution >= 4 is 18.0 Å². The molecule has 18 heavy (non-hydrogen) atoms. The second kappa shape index (κ2) is 5.67. The van der Waals surface area contributed by atoms with Crippen LogP contribution >= 0.6 is 0 Å². The summed E-state index contributed by atoms with van der Waals surface area (Å²) in [6.07, 6.45) is -0.0486. The minimum absolute atomic E-state index is 0.344. The number of carboxylic acid groups (broad SMARTS) is 2. The number of rotatable bonds is 5. The molecule has 102 valence electrons. The zero-order valence-corrected chi connectivity index (χ0v) is 9.93. The maximum Gasteiger partial charge on any atom is 0.326 e. The molecule has 1 saturated heterocycles. The zero-order valence-electron chi connectivity index (χ0n) is 9.93. The van der Waals surface area contributed by atoms with E-state index in [1.54, 1.807) is 6.92 Å². The van der Waals surface area contributed by atoms with Crippen LogP contribution in [0, 0.1) is 0 Å². The van der Waals surface area contributed by atoms with E-state index in [4.69, 9.17) is 14.9 Å². The normalized spacial score (nSPS) is 24.3. The predicted molar refractivity (Wildman–Crippen MR) is 59.2 cm³/mol. The van der Waals surface area contributed by atoms with Crippen molar-refractivity contribution in [1.82, 2.24) is 10.6 Å². The van der Waals surface area contributed by atoms with Crippen molar-refractivity contribution in [3.05, 3.63) is 0 Å². The lowest BCUT2D eigenvalue weighted by molar-refractivity contribution is -0.145. The number of amides is 2. The number of carbonyl (C=O) groups is 3. The van der Waals surface area contributed by atoms with E-state index in [0.717, 1.165) is 0 Å². The van der Waals surface area contributed by atoms with Gasteiger partial charge in [-0.3, -0.25) is 4.79 Å². The van der Waals surface area contributed by atoms with E-state index in [9.17, 15) is 14.4 Å². The molecule has 0 aromatic carbocycles. The predicted octanol–water partition coefficient (Wildman–Crippen LogP) is -0.607. The Morgan fingerprint density at radius 2 is 2.06 bits per heavy atom. The molecule has 8 heteroatoms. The molecule has 4 N–H and O–H groups in total. The van der Waals surface area contributed by atoms with Gasteiger partial charge in [0.1, 0.15) is 6.04 Å². The van der Waals surface area contributed by atoms with Gasteiger partial charge in [-0.05, 0) is 13.3 Å². The molecule has 0 aromatic heterocycles. The Morgan fingerprint density at radius 1 is 1.39 bits per heavy atom. The minimum atomic E-state index is -1.45. The van der Waals surface area contributed by atoms with Gasteiger partial charge in [0.2, 0.25) is 0 Å². The highest BCUT2D eigenvalue weighted by molar-refractivity contribution is 5.86. The first kappa shape index (κ1) is 14.2. The molecular weight excluding hydrogens is 244 g/mol. The van der Waals surface area contributed by atoms with E-state index in [1.807, 2.05) is 0 Å². The summed E-state index contributed by atoms with van der Waals surface area (Å²) in [6, 6.07) is -2.16. The molecule has 1 heterocycles. The highest BCUT2D eigenvalue weighted by Crippen LogP contribution is 2.17. The SMILES string of the molecule is CC1(NC(=O)NC(CC(=O)O)C(=O)O)CCOC1. The maximum atomic E-state index is 11.6. The highest BCUT2D eigenvalue weighted by Gasteiger charge is 2.32. The quantitative estimate of drug-likeness (QED) is 0.522. The van der Waals surface area contributed by atoms with Gasteiger partial charge in [-0.25, -0.2) is 9.59 Å². The monoisotopic (exact) mass is 260 g/mol. The van der Waals surface area contributed by atoms with Crippen LogP contribution in [0.15, 0.2) is 0 Å². The molecule has 2 unspecified atom stereocenters. The lowest BCUT2D eigenvalue weighted by atomic mass is 10.0. The molecule has 0 radical (unpaired) electrons. The number of urea groups is 1. The first-order valence-corrected chi connectivity index (χ1v) is 5.43. The van der Waals surface area contributed by atoms with Gasteiger partial charge in [0.05, 0.1) is 18.6 Å². The molecule has 0 spiro atoms. The third-order valence-electron chi connectivity index (χ3n) is 2.62. The van der Waals surface area contributed by atoms with Crippen LogP contribution < -0.4 is 10.6 Å². The van der Waals surface area contributed by atoms with E-state index in [-0.39, 0.29) is 0 Å². The molecule has 2 amide bonds. The van der Waals surface area contributed by atoms with Gasteiger partial charge in [-0.2, -0.15) is 0 Å². The summed E-state index contributed by atoms with van der Waals surface area (Å²) >= 11 is 0. The lowest BCUT2D eigenvalue weighted by Gasteiger charge is -2.24. The van der Waals surface area contributed by atoms with Crippen molar-refractivity contribution in [2.75, 3.05) is 13.2 Å². The van der Waals surface area contributed by atoms with Crippen LogP contribution in [-0.4, -0.2) is 53.0 Å². The third kappa shape index (κ3) is 4.21. The molecule has 8 nitrogen and oxygen atoms in total. The Bertz CT molecular complexity index is 350. The molecule has 1 fully saturated rings. The van der Waals surface area contributed by atoms with Gasteiger partial charge >= 0.3 is 18.0 Å². The van der Waals surface area contributed by atoms with Gasteiger partial charge in [0.25, 0.3) is 0 Å². The minimum Gasteiger partial charge on any atom is -0.481 e. The molecule has 0 saturated carbocycles. The highest BCUT2D eigenvalue weighted by atomic mass is 16.5. The first-order chi connectivity index (χ1) is 8.32. The van der Waals surface area contributed by atoms with Gasteiger partial charge in [0, 0.05) is 6.61 Å². The summed E-state index contributed by atoms with van der Waals surface area (Å²) in [5, 5.41) is 22.0. The van der Waals surface area contributed by atoms with Crippen molar-refractivity contribution in [1.29, 1.82) is 0 Å². The number of aliphatic carboxylic acids is 2. The third-order valence-corrected chi connectivity index (χ3v) is 2.62. The summed E-state index contributed by atoms with van der Waals surface area (Å²) in [6.45, 7) is 2.64. The Balaban J connectivity index is 2.50. The molecule has 1 rings (SSSR count). The smallest absolute Gasteiger partial charge is 0.326 e. The number of hydrogen-bond donors (Lipinski definition) is 4. The fourth-order valence-corrected chi connectivity index (χ4v) is 1.61. The largest absolute Gasteiger partial charge is 0.481 e. The van der Waals surface area contributed by atoms with Crippen LogP contribution in [0.25, 0.3) is 0 Å². The molecular formula is C10H16N2O6. The molecule has 1 aliphatic heterocycles. The fraction of sp³-hybridized carbons (Fsp3) is 0.700. The Morgan fingerprint density at radius 3 is 2.50 bits per heavy atom. The van der Waals surface area contributed by atoms with Crippen LogP contribution in [0.1, 0.15) is 19.8 Å². The van der Waals surface area contributed by atoms with E-state index in [0.29, 0.717) is 19.6 Å². The molecule has 0 bridgehead atoms. The average Bonchev–Trinajstić information content (AvgIpc) is 2.62. The number of ether oxygens (including phenoxy) is 1. The van der Waals surface area contributed by atoms with Gasteiger partial charge in [0.15, 0.2) is 0 Å². The number of hydrogen-bond acceptors (Lipinski definition) is 4. The van der Waals surface area contributed by atoms with E-state index >= 15 is 0 Å². The first-order valence-electron chi connectivity index (χ1n) is 5.43. The summed E-state index contributed by atoms with van der Waals surface area (Å²) in [5.41, 5.74) is -0.545. The van der Waals surface area contributed by atoms with Crippen molar-refractivity contribution in [2.24, 2.45) is 0 Å². The van der Waals surface area contributed by atoms with Gasteiger partial charge in [-0.1, -0.05) is 0 Å². The van der Waals surface area contributed by atoms with E-state index in [1.165, 1.54) is 0 Å². The molecule has 1 aliphatic rings. The molecule has 0 aliphatic carbocycles. The van der Waals surface area contributed by atoms with Crippen molar-refractivity contribution in [3.63, 3.8) is 0 Å². The molecule has 0 aromatic rings. The Labute approximate surface area is 103 Å².